The number of benzene rings is 1. The summed E-state index contributed by atoms with van der Waals surface area (Å²) in [7, 11) is 0. The van der Waals surface area contributed by atoms with Crippen LogP contribution in [0, 0.1) is 0 Å². The van der Waals surface area contributed by atoms with Crippen LogP contribution in [0.4, 0.5) is 0 Å². The van der Waals surface area contributed by atoms with Crippen LogP contribution in [0.5, 0.6) is 11.5 Å². The van der Waals surface area contributed by atoms with E-state index in [1.54, 1.807) is 0 Å². The highest BCUT2D eigenvalue weighted by molar-refractivity contribution is 5.62. The molecule has 0 bridgehead atoms. The summed E-state index contributed by atoms with van der Waals surface area (Å²) in [5, 5.41) is 0. The molecule has 0 spiro atoms. The lowest BCUT2D eigenvalue weighted by atomic mass is 10.0. The molecular formula is C12H14O3. The van der Waals surface area contributed by atoms with E-state index in [1.165, 1.54) is 0 Å². The van der Waals surface area contributed by atoms with Gasteiger partial charge in [0.2, 0.25) is 0 Å². The fourth-order valence-corrected chi connectivity index (χ4v) is 1.54. The number of fused-ring (bicyclic) bond motifs is 1. The van der Waals surface area contributed by atoms with Crippen LogP contribution in [0.3, 0.4) is 0 Å². The summed E-state index contributed by atoms with van der Waals surface area (Å²) in [5.74, 6) is 1.43. The molecule has 15 heavy (non-hydrogen) atoms. The van der Waals surface area contributed by atoms with Gasteiger partial charge in [0.15, 0.2) is 11.5 Å². The van der Waals surface area contributed by atoms with Crippen molar-refractivity contribution in [3.63, 3.8) is 0 Å². The Morgan fingerprint density at radius 2 is 2.00 bits per heavy atom. The van der Waals surface area contributed by atoms with Gasteiger partial charge >= 0.3 is 0 Å². The Hall–Kier alpha value is -1.51. The first-order valence-electron chi connectivity index (χ1n) is 5.16. The van der Waals surface area contributed by atoms with Crippen molar-refractivity contribution < 1.29 is 14.3 Å². The number of ether oxygens (including phenoxy) is 2. The third-order valence-electron chi connectivity index (χ3n) is 2.50. The van der Waals surface area contributed by atoms with Gasteiger partial charge in [-0.1, -0.05) is 13.0 Å². The summed E-state index contributed by atoms with van der Waals surface area (Å²) in [5.41, 5.74) is 0.967. The largest absolute Gasteiger partial charge is 0.490 e. The molecule has 0 saturated heterocycles. The summed E-state index contributed by atoms with van der Waals surface area (Å²) in [4.78, 5) is 10.7. The van der Waals surface area contributed by atoms with Gasteiger partial charge in [0.25, 0.3) is 0 Å². The molecule has 1 heterocycles. The van der Waals surface area contributed by atoms with Gasteiger partial charge in [-0.05, 0) is 17.7 Å². The van der Waals surface area contributed by atoms with Gasteiger partial charge in [-0.3, -0.25) is 0 Å². The summed E-state index contributed by atoms with van der Waals surface area (Å²) in [6.07, 6.45) is 1.83. The first kappa shape index (κ1) is 10.0. The van der Waals surface area contributed by atoms with Crippen molar-refractivity contribution in [2.75, 3.05) is 13.2 Å². The third kappa shape index (κ3) is 2.12. The molecule has 3 heteroatoms. The van der Waals surface area contributed by atoms with Crippen LogP contribution in [0.2, 0.25) is 0 Å². The van der Waals surface area contributed by atoms with Crippen LogP contribution >= 0.6 is 0 Å². The van der Waals surface area contributed by atoms with E-state index >= 15 is 0 Å². The van der Waals surface area contributed by atoms with Crippen LogP contribution in [-0.4, -0.2) is 19.5 Å². The van der Waals surface area contributed by atoms with Crippen LogP contribution in [0.1, 0.15) is 24.8 Å². The van der Waals surface area contributed by atoms with Crippen LogP contribution in [-0.2, 0) is 4.79 Å². The highest BCUT2D eigenvalue weighted by Crippen LogP contribution is 2.32. The van der Waals surface area contributed by atoms with Gasteiger partial charge in [-0.25, -0.2) is 0 Å². The van der Waals surface area contributed by atoms with E-state index in [-0.39, 0.29) is 5.92 Å². The molecule has 1 aromatic rings. The molecule has 80 valence electrons. The predicted octanol–water partition coefficient (Wildman–Crippen LogP) is 2.15. The van der Waals surface area contributed by atoms with Crippen molar-refractivity contribution in [2.45, 2.75) is 19.3 Å². The molecule has 1 aliphatic rings. The summed E-state index contributed by atoms with van der Waals surface area (Å²) >= 11 is 0. The SMILES string of the molecule is CC(C=O)c1ccc2c(c1)OCCCO2. The number of hydrogen-bond donors (Lipinski definition) is 0. The lowest BCUT2D eigenvalue weighted by Gasteiger charge is -2.10. The van der Waals surface area contributed by atoms with Crippen LogP contribution < -0.4 is 9.47 Å². The molecule has 0 aromatic heterocycles. The van der Waals surface area contributed by atoms with Gasteiger partial charge in [-0.15, -0.1) is 0 Å². The fourth-order valence-electron chi connectivity index (χ4n) is 1.54. The minimum absolute atomic E-state index is 0.0952. The van der Waals surface area contributed by atoms with Crippen molar-refractivity contribution in [2.24, 2.45) is 0 Å². The van der Waals surface area contributed by atoms with E-state index in [9.17, 15) is 4.79 Å². The Bertz CT molecular complexity index is 360. The van der Waals surface area contributed by atoms with E-state index in [0.717, 1.165) is 29.8 Å². The van der Waals surface area contributed by atoms with Crippen molar-refractivity contribution >= 4 is 6.29 Å². The first-order chi connectivity index (χ1) is 7.31. The number of hydrogen-bond acceptors (Lipinski definition) is 3. The molecule has 3 nitrogen and oxygen atoms in total. The Morgan fingerprint density at radius 1 is 1.27 bits per heavy atom. The van der Waals surface area contributed by atoms with Gasteiger partial charge in [-0.2, -0.15) is 0 Å². The number of carbonyl (C=O) groups excluding carboxylic acids is 1. The van der Waals surface area contributed by atoms with E-state index in [1.807, 2.05) is 25.1 Å². The monoisotopic (exact) mass is 206 g/mol. The molecule has 0 N–H and O–H groups in total. The standard InChI is InChI=1S/C12H14O3/c1-9(8-13)10-3-4-11-12(7-10)15-6-2-5-14-11/h3-4,7-9H,2,5-6H2,1H3. The average Bonchev–Trinajstić information content (AvgIpc) is 2.51. The minimum Gasteiger partial charge on any atom is -0.490 e. The topological polar surface area (TPSA) is 35.5 Å². The maximum absolute atomic E-state index is 10.7. The second kappa shape index (κ2) is 4.34. The van der Waals surface area contributed by atoms with Gasteiger partial charge in [0.1, 0.15) is 6.29 Å². The third-order valence-corrected chi connectivity index (χ3v) is 2.50. The van der Waals surface area contributed by atoms with E-state index in [4.69, 9.17) is 9.47 Å². The highest BCUT2D eigenvalue weighted by Gasteiger charge is 2.12. The Morgan fingerprint density at radius 3 is 2.73 bits per heavy atom. The zero-order chi connectivity index (χ0) is 10.7. The smallest absolute Gasteiger partial charge is 0.161 e. The Balaban J connectivity index is 2.31. The van der Waals surface area contributed by atoms with E-state index in [2.05, 4.69) is 0 Å². The summed E-state index contributed by atoms with van der Waals surface area (Å²) in [6.45, 7) is 3.23. The van der Waals surface area contributed by atoms with Gasteiger partial charge in [0, 0.05) is 12.3 Å². The van der Waals surface area contributed by atoms with Crippen LogP contribution in [0.15, 0.2) is 18.2 Å². The molecular weight excluding hydrogens is 192 g/mol. The average molecular weight is 206 g/mol. The quantitative estimate of drug-likeness (QED) is 0.695. The zero-order valence-electron chi connectivity index (χ0n) is 8.73. The van der Waals surface area contributed by atoms with Crippen molar-refractivity contribution in [1.82, 2.24) is 0 Å². The molecule has 0 aliphatic carbocycles. The van der Waals surface area contributed by atoms with Crippen molar-refractivity contribution in [3.8, 4) is 11.5 Å². The molecule has 2 rings (SSSR count). The van der Waals surface area contributed by atoms with Crippen molar-refractivity contribution in [3.05, 3.63) is 23.8 Å². The number of carbonyl (C=O) groups is 1. The fraction of sp³-hybridized carbons (Fsp3) is 0.417. The van der Waals surface area contributed by atoms with E-state index in [0.29, 0.717) is 13.2 Å². The molecule has 1 aliphatic heterocycles. The van der Waals surface area contributed by atoms with E-state index < -0.39 is 0 Å². The molecule has 1 atom stereocenters. The second-order valence-electron chi connectivity index (χ2n) is 3.68. The maximum Gasteiger partial charge on any atom is 0.161 e. The lowest BCUT2D eigenvalue weighted by Crippen LogP contribution is -1.98. The highest BCUT2D eigenvalue weighted by atomic mass is 16.5. The minimum atomic E-state index is -0.0952. The molecule has 1 aromatic carbocycles. The maximum atomic E-state index is 10.7. The lowest BCUT2D eigenvalue weighted by molar-refractivity contribution is -0.108. The Labute approximate surface area is 89.0 Å². The summed E-state index contributed by atoms with van der Waals surface area (Å²) < 4.78 is 11.0. The molecule has 0 saturated carbocycles. The second-order valence-corrected chi connectivity index (χ2v) is 3.68. The molecule has 0 fully saturated rings. The number of rotatable bonds is 2. The van der Waals surface area contributed by atoms with Crippen molar-refractivity contribution in [1.29, 1.82) is 0 Å². The zero-order valence-corrected chi connectivity index (χ0v) is 8.73. The molecule has 1 unspecified atom stereocenters. The summed E-state index contributed by atoms with van der Waals surface area (Å²) in [6, 6.07) is 5.67. The van der Waals surface area contributed by atoms with Gasteiger partial charge in [0.05, 0.1) is 13.2 Å². The normalized spacial score (nSPS) is 16.6. The molecule has 0 amide bonds. The van der Waals surface area contributed by atoms with Crippen LogP contribution in [0.25, 0.3) is 0 Å². The Kier molecular flexibility index (Phi) is 2.90. The first-order valence-corrected chi connectivity index (χ1v) is 5.16. The number of aldehydes is 1. The van der Waals surface area contributed by atoms with Gasteiger partial charge < -0.3 is 14.3 Å². The predicted molar refractivity (Wildman–Crippen MR) is 56.5 cm³/mol. The molecule has 0 radical (unpaired) electrons.